The lowest BCUT2D eigenvalue weighted by atomic mass is 10.2. The van der Waals surface area contributed by atoms with E-state index in [-0.39, 0.29) is 5.75 Å². The van der Waals surface area contributed by atoms with Crippen LogP contribution in [-0.4, -0.2) is 24.9 Å². The average Bonchev–Trinajstić information content (AvgIpc) is 2.20. The smallest absolute Gasteiger partial charge is 0.119 e. The van der Waals surface area contributed by atoms with Crippen molar-refractivity contribution in [1.29, 1.82) is 0 Å². The fourth-order valence-corrected chi connectivity index (χ4v) is 1.08. The van der Waals surface area contributed by atoms with Gasteiger partial charge in [-0.25, -0.2) is 0 Å². The first-order chi connectivity index (χ1) is 7.18. The number of rotatable bonds is 6. The number of aromatic hydroxyl groups is 1. The first-order valence-corrected chi connectivity index (χ1v) is 5.18. The van der Waals surface area contributed by atoms with E-state index in [1.807, 2.05) is 0 Å². The van der Waals surface area contributed by atoms with Crippen molar-refractivity contribution in [2.24, 2.45) is 5.92 Å². The summed E-state index contributed by atoms with van der Waals surface area (Å²) in [7, 11) is 0. The Labute approximate surface area is 90.6 Å². The van der Waals surface area contributed by atoms with Gasteiger partial charge in [-0.2, -0.15) is 0 Å². The van der Waals surface area contributed by atoms with Crippen LogP contribution in [0.15, 0.2) is 24.3 Å². The summed E-state index contributed by atoms with van der Waals surface area (Å²) < 4.78 is 10.8. The summed E-state index contributed by atoms with van der Waals surface area (Å²) in [5, 5.41) is 9.05. The van der Waals surface area contributed by atoms with E-state index in [0.29, 0.717) is 19.1 Å². The molecule has 0 aliphatic carbocycles. The van der Waals surface area contributed by atoms with Crippen LogP contribution >= 0.6 is 0 Å². The van der Waals surface area contributed by atoms with Crippen LogP contribution in [0.5, 0.6) is 11.5 Å². The van der Waals surface area contributed by atoms with Gasteiger partial charge in [0.25, 0.3) is 0 Å². The molecule has 0 aliphatic rings. The fraction of sp³-hybridized carbons (Fsp3) is 0.500. The molecular formula is C12H18O3. The minimum Gasteiger partial charge on any atom is -0.508 e. The van der Waals surface area contributed by atoms with Crippen molar-refractivity contribution < 1.29 is 14.6 Å². The van der Waals surface area contributed by atoms with E-state index in [4.69, 9.17) is 14.6 Å². The van der Waals surface area contributed by atoms with Gasteiger partial charge in [-0.05, 0) is 30.2 Å². The predicted molar refractivity (Wildman–Crippen MR) is 59.3 cm³/mol. The third-order valence-electron chi connectivity index (χ3n) is 1.78. The van der Waals surface area contributed by atoms with Gasteiger partial charge in [0.15, 0.2) is 0 Å². The van der Waals surface area contributed by atoms with Crippen LogP contribution in [0.2, 0.25) is 0 Å². The van der Waals surface area contributed by atoms with Crippen LogP contribution in [-0.2, 0) is 4.74 Å². The molecule has 0 aliphatic heterocycles. The first-order valence-electron chi connectivity index (χ1n) is 5.18. The highest BCUT2D eigenvalue weighted by Crippen LogP contribution is 2.15. The van der Waals surface area contributed by atoms with Crippen molar-refractivity contribution in [3.63, 3.8) is 0 Å². The van der Waals surface area contributed by atoms with Gasteiger partial charge in [0, 0.05) is 6.61 Å². The maximum Gasteiger partial charge on any atom is 0.119 e. The highest BCUT2D eigenvalue weighted by molar-refractivity contribution is 5.29. The lowest BCUT2D eigenvalue weighted by Crippen LogP contribution is -2.10. The maximum atomic E-state index is 9.05. The summed E-state index contributed by atoms with van der Waals surface area (Å²) in [5.41, 5.74) is 0. The molecule has 0 aromatic heterocycles. The minimum absolute atomic E-state index is 0.249. The number of benzene rings is 1. The molecule has 15 heavy (non-hydrogen) atoms. The summed E-state index contributed by atoms with van der Waals surface area (Å²) in [4.78, 5) is 0. The standard InChI is InChI=1S/C12H18O3/c1-10(2)9-14-7-8-15-12-5-3-11(13)4-6-12/h3-6,10,13H,7-9H2,1-2H3. The lowest BCUT2D eigenvalue weighted by Gasteiger charge is -2.08. The van der Waals surface area contributed by atoms with Gasteiger partial charge < -0.3 is 14.6 Å². The van der Waals surface area contributed by atoms with Crippen LogP contribution in [0.1, 0.15) is 13.8 Å². The molecule has 0 bridgehead atoms. The molecule has 0 saturated carbocycles. The molecule has 0 saturated heterocycles. The summed E-state index contributed by atoms with van der Waals surface area (Å²) in [6.45, 7) is 6.12. The Hall–Kier alpha value is -1.22. The zero-order valence-corrected chi connectivity index (χ0v) is 9.27. The second-order valence-corrected chi connectivity index (χ2v) is 3.81. The van der Waals surface area contributed by atoms with E-state index in [0.717, 1.165) is 12.4 Å². The second kappa shape index (κ2) is 6.30. The Morgan fingerprint density at radius 2 is 1.80 bits per heavy atom. The molecular weight excluding hydrogens is 192 g/mol. The van der Waals surface area contributed by atoms with Crippen LogP contribution < -0.4 is 4.74 Å². The average molecular weight is 210 g/mol. The molecule has 0 radical (unpaired) electrons. The Morgan fingerprint density at radius 3 is 2.40 bits per heavy atom. The Bertz CT molecular complexity index is 267. The van der Waals surface area contributed by atoms with Gasteiger partial charge in [0.05, 0.1) is 6.61 Å². The van der Waals surface area contributed by atoms with Gasteiger partial charge in [0.1, 0.15) is 18.1 Å². The van der Waals surface area contributed by atoms with Crippen LogP contribution in [0.3, 0.4) is 0 Å². The van der Waals surface area contributed by atoms with E-state index in [1.54, 1.807) is 24.3 Å². The molecule has 0 fully saturated rings. The number of ether oxygens (including phenoxy) is 2. The van der Waals surface area contributed by atoms with Crippen molar-refractivity contribution in [3.05, 3.63) is 24.3 Å². The van der Waals surface area contributed by atoms with Crippen molar-refractivity contribution in [3.8, 4) is 11.5 Å². The number of phenols is 1. The third-order valence-corrected chi connectivity index (χ3v) is 1.78. The third kappa shape index (κ3) is 5.27. The van der Waals surface area contributed by atoms with Gasteiger partial charge in [-0.3, -0.25) is 0 Å². The SMILES string of the molecule is CC(C)COCCOc1ccc(O)cc1. The second-order valence-electron chi connectivity index (χ2n) is 3.81. The first kappa shape index (κ1) is 11.9. The molecule has 0 heterocycles. The molecule has 84 valence electrons. The fourth-order valence-electron chi connectivity index (χ4n) is 1.08. The van der Waals surface area contributed by atoms with Crippen molar-refractivity contribution in [2.45, 2.75) is 13.8 Å². The van der Waals surface area contributed by atoms with Crippen molar-refractivity contribution in [2.75, 3.05) is 19.8 Å². The van der Waals surface area contributed by atoms with Gasteiger partial charge in [0.2, 0.25) is 0 Å². The molecule has 0 amide bonds. The van der Waals surface area contributed by atoms with E-state index in [1.165, 1.54) is 0 Å². The molecule has 3 heteroatoms. The Kier molecular flexibility index (Phi) is 4.98. The lowest BCUT2D eigenvalue weighted by molar-refractivity contribution is 0.0819. The summed E-state index contributed by atoms with van der Waals surface area (Å²) in [5.74, 6) is 1.55. The zero-order chi connectivity index (χ0) is 11.1. The van der Waals surface area contributed by atoms with E-state index in [9.17, 15) is 0 Å². The van der Waals surface area contributed by atoms with E-state index >= 15 is 0 Å². The normalized spacial score (nSPS) is 10.6. The van der Waals surface area contributed by atoms with Gasteiger partial charge >= 0.3 is 0 Å². The minimum atomic E-state index is 0.249. The molecule has 3 nitrogen and oxygen atoms in total. The molecule has 0 atom stereocenters. The van der Waals surface area contributed by atoms with Crippen LogP contribution in [0.4, 0.5) is 0 Å². The summed E-state index contributed by atoms with van der Waals surface area (Å²) >= 11 is 0. The monoisotopic (exact) mass is 210 g/mol. The predicted octanol–water partition coefficient (Wildman–Crippen LogP) is 2.44. The maximum absolute atomic E-state index is 9.05. The zero-order valence-electron chi connectivity index (χ0n) is 9.27. The summed E-state index contributed by atoms with van der Waals surface area (Å²) in [6.07, 6.45) is 0. The summed E-state index contributed by atoms with van der Waals surface area (Å²) in [6, 6.07) is 6.67. The number of phenolic OH excluding ortho intramolecular Hbond substituents is 1. The number of hydrogen-bond acceptors (Lipinski definition) is 3. The van der Waals surface area contributed by atoms with Gasteiger partial charge in [-0.15, -0.1) is 0 Å². The molecule has 1 rings (SSSR count). The molecule has 1 N–H and O–H groups in total. The van der Waals surface area contributed by atoms with E-state index < -0.39 is 0 Å². The Morgan fingerprint density at radius 1 is 1.13 bits per heavy atom. The van der Waals surface area contributed by atoms with Crippen LogP contribution in [0, 0.1) is 5.92 Å². The highest BCUT2D eigenvalue weighted by atomic mass is 16.5. The van der Waals surface area contributed by atoms with Crippen LogP contribution in [0.25, 0.3) is 0 Å². The molecule has 1 aromatic carbocycles. The largest absolute Gasteiger partial charge is 0.508 e. The van der Waals surface area contributed by atoms with Crippen molar-refractivity contribution in [1.82, 2.24) is 0 Å². The van der Waals surface area contributed by atoms with Crippen molar-refractivity contribution >= 4 is 0 Å². The quantitative estimate of drug-likeness (QED) is 0.733. The molecule has 1 aromatic rings. The molecule has 0 unspecified atom stereocenters. The number of hydrogen-bond donors (Lipinski definition) is 1. The topological polar surface area (TPSA) is 38.7 Å². The molecule has 0 spiro atoms. The Balaban J connectivity index is 2.12. The van der Waals surface area contributed by atoms with Gasteiger partial charge in [-0.1, -0.05) is 13.8 Å². The van der Waals surface area contributed by atoms with E-state index in [2.05, 4.69) is 13.8 Å². The highest BCUT2D eigenvalue weighted by Gasteiger charge is 1.95.